The lowest BCUT2D eigenvalue weighted by molar-refractivity contribution is -0.137. The van der Waals surface area contributed by atoms with E-state index in [0.29, 0.717) is 0 Å². The summed E-state index contributed by atoms with van der Waals surface area (Å²) in [6.07, 6.45) is 27.3. The average Bonchev–Trinajstić information content (AvgIpc) is 2.50. The first kappa shape index (κ1) is 20.4. The first-order chi connectivity index (χ1) is 10.8. The number of hydrogen-bond donors (Lipinski definition) is 1. The molecule has 0 atom stereocenters. The van der Waals surface area contributed by atoms with Gasteiger partial charge in [0, 0.05) is 6.42 Å². The summed E-state index contributed by atoms with van der Waals surface area (Å²) in [5.74, 6) is -0.709. The van der Waals surface area contributed by atoms with Gasteiger partial charge in [-0.25, -0.2) is 0 Å². The van der Waals surface area contributed by atoms with Crippen molar-refractivity contribution in [1.29, 1.82) is 0 Å². The number of carbonyl (C=O) groups is 1. The Bertz CT molecular complexity index is 362. The van der Waals surface area contributed by atoms with Gasteiger partial charge in [0.2, 0.25) is 0 Å². The molecular formula is C20H32O2. The number of rotatable bonds is 14. The molecule has 0 bridgehead atoms. The Morgan fingerprint density at radius 3 is 2.18 bits per heavy atom. The van der Waals surface area contributed by atoms with E-state index < -0.39 is 5.97 Å². The molecule has 0 saturated heterocycles. The molecule has 2 nitrogen and oxygen atoms in total. The Morgan fingerprint density at radius 1 is 0.773 bits per heavy atom. The van der Waals surface area contributed by atoms with Crippen LogP contribution >= 0.6 is 0 Å². The Labute approximate surface area is 136 Å². The highest BCUT2D eigenvalue weighted by molar-refractivity contribution is 5.66. The van der Waals surface area contributed by atoms with Crippen molar-refractivity contribution in [2.45, 2.75) is 71.1 Å². The highest BCUT2D eigenvalue weighted by Gasteiger charge is 1.92. The van der Waals surface area contributed by atoms with E-state index in [4.69, 9.17) is 5.11 Å². The maximum Gasteiger partial charge on any atom is 0.303 e. The van der Waals surface area contributed by atoms with Gasteiger partial charge in [-0.15, -0.1) is 0 Å². The fourth-order valence-electron chi connectivity index (χ4n) is 1.94. The zero-order chi connectivity index (χ0) is 16.3. The first-order valence-electron chi connectivity index (χ1n) is 8.60. The van der Waals surface area contributed by atoms with Crippen LogP contribution in [0.1, 0.15) is 71.1 Å². The minimum Gasteiger partial charge on any atom is -0.481 e. The minimum atomic E-state index is -0.709. The van der Waals surface area contributed by atoms with Crippen molar-refractivity contribution in [1.82, 2.24) is 0 Å². The van der Waals surface area contributed by atoms with Crippen molar-refractivity contribution >= 4 is 5.97 Å². The number of aliphatic carboxylic acids is 1. The molecule has 0 spiro atoms. The molecule has 0 aliphatic carbocycles. The Kier molecular flexibility index (Phi) is 16.2. The third-order valence-electron chi connectivity index (χ3n) is 3.22. The standard InChI is InChI=1S/C20H32O2/c1-2-3-4-5-6-7-8-9-10-11-12-13-14-15-16-17-18-19-20(21)22/h6-7,9-12,15-16H,2-5,8,13-14,17-19H2,1H3,(H,21,22)/b7-6+,10-9+,12-11+,16-15+. The van der Waals surface area contributed by atoms with Gasteiger partial charge in [0.25, 0.3) is 0 Å². The second kappa shape index (κ2) is 17.5. The second-order valence-corrected chi connectivity index (χ2v) is 5.39. The fraction of sp³-hybridized carbons (Fsp3) is 0.550. The van der Waals surface area contributed by atoms with Crippen LogP contribution in [0.15, 0.2) is 48.6 Å². The van der Waals surface area contributed by atoms with Gasteiger partial charge in [-0.2, -0.15) is 0 Å². The van der Waals surface area contributed by atoms with Gasteiger partial charge in [0.15, 0.2) is 0 Å². The molecule has 0 aliphatic heterocycles. The maximum absolute atomic E-state index is 10.3. The van der Waals surface area contributed by atoms with Crippen LogP contribution in [0, 0.1) is 0 Å². The number of hydrogen-bond acceptors (Lipinski definition) is 1. The van der Waals surface area contributed by atoms with Gasteiger partial charge in [0.05, 0.1) is 0 Å². The van der Waals surface area contributed by atoms with E-state index in [2.05, 4.69) is 55.5 Å². The summed E-state index contributed by atoms with van der Waals surface area (Å²) in [5, 5.41) is 8.50. The molecule has 0 unspecified atom stereocenters. The smallest absolute Gasteiger partial charge is 0.303 e. The van der Waals surface area contributed by atoms with Crippen molar-refractivity contribution in [3.8, 4) is 0 Å². The molecule has 0 aliphatic rings. The lowest BCUT2D eigenvalue weighted by Gasteiger charge is -1.91. The topological polar surface area (TPSA) is 37.3 Å². The minimum absolute atomic E-state index is 0.266. The van der Waals surface area contributed by atoms with Crippen LogP contribution in [0.3, 0.4) is 0 Å². The monoisotopic (exact) mass is 304 g/mol. The van der Waals surface area contributed by atoms with Gasteiger partial charge in [0.1, 0.15) is 0 Å². The van der Waals surface area contributed by atoms with Crippen molar-refractivity contribution < 1.29 is 9.90 Å². The summed E-state index contributed by atoms with van der Waals surface area (Å²) in [6, 6.07) is 0. The quantitative estimate of drug-likeness (QED) is 0.235. The third-order valence-corrected chi connectivity index (χ3v) is 3.22. The summed E-state index contributed by atoms with van der Waals surface area (Å²) in [5.41, 5.74) is 0. The van der Waals surface area contributed by atoms with E-state index in [0.717, 1.165) is 32.1 Å². The predicted octanol–water partition coefficient (Wildman–Crippen LogP) is 6.22. The molecule has 22 heavy (non-hydrogen) atoms. The molecule has 0 fully saturated rings. The summed E-state index contributed by atoms with van der Waals surface area (Å²) < 4.78 is 0. The molecular weight excluding hydrogens is 272 g/mol. The van der Waals surface area contributed by atoms with Crippen LogP contribution in [0.25, 0.3) is 0 Å². The zero-order valence-electron chi connectivity index (χ0n) is 14.0. The van der Waals surface area contributed by atoms with Gasteiger partial charge in [-0.1, -0.05) is 68.4 Å². The summed E-state index contributed by atoms with van der Waals surface area (Å²) in [6.45, 7) is 2.23. The normalized spacial score (nSPS) is 12.4. The van der Waals surface area contributed by atoms with Crippen LogP contribution in [0.2, 0.25) is 0 Å². The SMILES string of the molecule is CCCCC/C=C/C/C=C/C=C/CC/C=C/CCCC(=O)O. The summed E-state index contributed by atoms with van der Waals surface area (Å²) >= 11 is 0. The van der Waals surface area contributed by atoms with Crippen LogP contribution < -0.4 is 0 Å². The number of carboxylic acids is 1. The first-order valence-corrected chi connectivity index (χ1v) is 8.60. The predicted molar refractivity (Wildman–Crippen MR) is 96.0 cm³/mol. The number of carboxylic acid groups (broad SMARTS) is 1. The van der Waals surface area contributed by atoms with Crippen molar-refractivity contribution in [2.75, 3.05) is 0 Å². The average molecular weight is 304 g/mol. The number of allylic oxidation sites excluding steroid dienone is 8. The van der Waals surface area contributed by atoms with E-state index in [-0.39, 0.29) is 6.42 Å². The lowest BCUT2D eigenvalue weighted by atomic mass is 10.2. The molecule has 0 amide bonds. The zero-order valence-corrected chi connectivity index (χ0v) is 14.0. The van der Waals surface area contributed by atoms with Crippen molar-refractivity contribution in [2.24, 2.45) is 0 Å². The highest BCUT2D eigenvalue weighted by atomic mass is 16.4. The number of unbranched alkanes of at least 4 members (excludes halogenated alkanes) is 5. The second-order valence-electron chi connectivity index (χ2n) is 5.39. The molecule has 1 N–H and O–H groups in total. The van der Waals surface area contributed by atoms with Crippen LogP contribution in [-0.4, -0.2) is 11.1 Å². The molecule has 0 aromatic carbocycles. The van der Waals surface area contributed by atoms with E-state index in [1.807, 2.05) is 0 Å². The molecule has 0 heterocycles. The molecule has 2 heteroatoms. The van der Waals surface area contributed by atoms with E-state index in [1.54, 1.807) is 0 Å². The highest BCUT2D eigenvalue weighted by Crippen LogP contribution is 2.01. The summed E-state index contributed by atoms with van der Waals surface area (Å²) in [7, 11) is 0. The van der Waals surface area contributed by atoms with Gasteiger partial charge >= 0.3 is 5.97 Å². The fourth-order valence-corrected chi connectivity index (χ4v) is 1.94. The van der Waals surface area contributed by atoms with Gasteiger partial charge in [-0.05, 0) is 44.9 Å². The molecule has 0 rings (SSSR count). The Hall–Kier alpha value is -1.57. The van der Waals surface area contributed by atoms with Crippen molar-refractivity contribution in [3.63, 3.8) is 0 Å². The molecule has 0 aromatic heterocycles. The van der Waals surface area contributed by atoms with Crippen LogP contribution in [0.4, 0.5) is 0 Å². The molecule has 0 radical (unpaired) electrons. The van der Waals surface area contributed by atoms with E-state index in [9.17, 15) is 4.79 Å². The van der Waals surface area contributed by atoms with Gasteiger partial charge in [-0.3, -0.25) is 4.79 Å². The maximum atomic E-state index is 10.3. The molecule has 124 valence electrons. The van der Waals surface area contributed by atoms with Crippen LogP contribution in [-0.2, 0) is 4.79 Å². The lowest BCUT2D eigenvalue weighted by Crippen LogP contribution is -1.92. The van der Waals surface area contributed by atoms with E-state index >= 15 is 0 Å². The van der Waals surface area contributed by atoms with Crippen LogP contribution in [0.5, 0.6) is 0 Å². The third kappa shape index (κ3) is 18.4. The summed E-state index contributed by atoms with van der Waals surface area (Å²) in [4.78, 5) is 10.3. The Balaban J connectivity index is 3.40. The molecule has 0 aromatic rings. The van der Waals surface area contributed by atoms with Gasteiger partial charge < -0.3 is 5.11 Å². The van der Waals surface area contributed by atoms with Crippen molar-refractivity contribution in [3.05, 3.63) is 48.6 Å². The van der Waals surface area contributed by atoms with E-state index in [1.165, 1.54) is 25.7 Å². The molecule has 0 saturated carbocycles. The Morgan fingerprint density at radius 2 is 1.41 bits per heavy atom. The largest absolute Gasteiger partial charge is 0.481 e.